The first kappa shape index (κ1) is 21.3. The van der Waals surface area contributed by atoms with Crippen LogP contribution in [0.3, 0.4) is 0 Å². The Morgan fingerprint density at radius 3 is 2.50 bits per heavy atom. The predicted molar refractivity (Wildman–Crippen MR) is 104 cm³/mol. The number of carbonyl (C=O) groups excluding carboxylic acids is 1. The van der Waals surface area contributed by atoms with E-state index in [1.165, 1.54) is 18.0 Å². The van der Waals surface area contributed by atoms with E-state index in [1.807, 2.05) is 0 Å². The molecule has 3 rings (SSSR count). The van der Waals surface area contributed by atoms with E-state index in [4.69, 9.17) is 10.5 Å². The SMILES string of the molecule is COc1ccc(-n2nc(C(F)(F)F)cc2-c2ccc(CCNC(=O)CN)cc2)cn1. The number of nitrogens with two attached hydrogens (primary N) is 1. The smallest absolute Gasteiger partial charge is 0.435 e. The predicted octanol–water partition coefficient (Wildman–Crippen LogP) is 2.58. The summed E-state index contributed by atoms with van der Waals surface area (Å²) in [7, 11) is 1.45. The zero-order valence-corrected chi connectivity index (χ0v) is 16.1. The van der Waals surface area contributed by atoms with Gasteiger partial charge in [-0.15, -0.1) is 0 Å². The zero-order valence-electron chi connectivity index (χ0n) is 16.1. The number of halogens is 3. The topological polar surface area (TPSA) is 95.1 Å². The van der Waals surface area contributed by atoms with E-state index in [-0.39, 0.29) is 18.1 Å². The number of rotatable bonds is 7. The quantitative estimate of drug-likeness (QED) is 0.614. The molecule has 0 saturated carbocycles. The van der Waals surface area contributed by atoms with Gasteiger partial charge in [-0.2, -0.15) is 18.3 Å². The lowest BCUT2D eigenvalue weighted by Crippen LogP contribution is -2.31. The van der Waals surface area contributed by atoms with Crippen molar-refractivity contribution in [3.05, 3.63) is 59.9 Å². The summed E-state index contributed by atoms with van der Waals surface area (Å²) in [4.78, 5) is 15.2. The van der Waals surface area contributed by atoms with Gasteiger partial charge in [-0.3, -0.25) is 4.79 Å². The third-order valence-corrected chi connectivity index (χ3v) is 4.35. The molecule has 3 aromatic rings. The molecule has 30 heavy (non-hydrogen) atoms. The highest BCUT2D eigenvalue weighted by Gasteiger charge is 2.35. The van der Waals surface area contributed by atoms with Gasteiger partial charge in [0, 0.05) is 18.2 Å². The number of ether oxygens (including phenoxy) is 1. The number of aromatic nitrogens is 3. The van der Waals surface area contributed by atoms with Crippen LogP contribution in [-0.2, 0) is 17.4 Å². The molecule has 0 aliphatic heterocycles. The van der Waals surface area contributed by atoms with Crippen LogP contribution in [0.15, 0.2) is 48.7 Å². The number of methoxy groups -OCH3 is 1. The molecule has 1 aromatic carbocycles. The Kier molecular flexibility index (Phi) is 6.36. The minimum atomic E-state index is -4.58. The number of hydrogen-bond donors (Lipinski definition) is 2. The lowest BCUT2D eigenvalue weighted by molar-refractivity contribution is -0.141. The van der Waals surface area contributed by atoms with Crippen LogP contribution >= 0.6 is 0 Å². The first-order valence-corrected chi connectivity index (χ1v) is 9.05. The fourth-order valence-electron chi connectivity index (χ4n) is 2.80. The van der Waals surface area contributed by atoms with Gasteiger partial charge in [0.2, 0.25) is 11.8 Å². The third kappa shape index (κ3) is 4.95. The largest absolute Gasteiger partial charge is 0.481 e. The van der Waals surface area contributed by atoms with Gasteiger partial charge in [0.15, 0.2) is 5.69 Å². The maximum atomic E-state index is 13.3. The summed E-state index contributed by atoms with van der Waals surface area (Å²) in [5.74, 6) is 0.0953. The average Bonchev–Trinajstić information content (AvgIpc) is 3.20. The van der Waals surface area contributed by atoms with Crippen molar-refractivity contribution < 1.29 is 22.7 Å². The number of benzene rings is 1. The molecular formula is C20H20F3N5O2. The Labute approximate surface area is 170 Å². The molecule has 0 aliphatic rings. The van der Waals surface area contributed by atoms with Crippen LogP contribution in [0.4, 0.5) is 13.2 Å². The van der Waals surface area contributed by atoms with Crippen molar-refractivity contribution in [1.82, 2.24) is 20.1 Å². The van der Waals surface area contributed by atoms with Crippen molar-refractivity contribution in [2.45, 2.75) is 12.6 Å². The fraction of sp³-hybridized carbons (Fsp3) is 0.250. The van der Waals surface area contributed by atoms with Crippen LogP contribution in [0.1, 0.15) is 11.3 Å². The van der Waals surface area contributed by atoms with Gasteiger partial charge in [0.05, 0.1) is 31.2 Å². The summed E-state index contributed by atoms with van der Waals surface area (Å²) in [5.41, 5.74) is 6.36. The molecule has 0 aliphatic carbocycles. The number of nitrogens with zero attached hydrogens (tertiary/aromatic N) is 3. The van der Waals surface area contributed by atoms with Crippen molar-refractivity contribution in [2.75, 3.05) is 20.2 Å². The second kappa shape index (κ2) is 8.95. The normalized spacial score (nSPS) is 11.4. The highest BCUT2D eigenvalue weighted by Crippen LogP contribution is 2.33. The first-order chi connectivity index (χ1) is 14.3. The van der Waals surface area contributed by atoms with Gasteiger partial charge < -0.3 is 15.8 Å². The van der Waals surface area contributed by atoms with E-state index in [1.54, 1.807) is 36.4 Å². The molecule has 0 unspecified atom stereocenters. The molecule has 0 saturated heterocycles. The van der Waals surface area contributed by atoms with Crippen LogP contribution in [0.5, 0.6) is 5.88 Å². The minimum Gasteiger partial charge on any atom is -0.481 e. The van der Waals surface area contributed by atoms with Crippen LogP contribution < -0.4 is 15.8 Å². The summed E-state index contributed by atoms with van der Waals surface area (Å²) in [5, 5.41) is 6.40. The standard InChI is InChI=1S/C20H20F3N5O2/c1-30-19-7-6-15(12-26-19)28-16(10-17(27-28)20(21,22)23)14-4-2-13(3-5-14)8-9-25-18(29)11-24/h2-7,10,12H,8-9,11,24H2,1H3,(H,25,29). The monoisotopic (exact) mass is 419 g/mol. The number of amides is 1. The third-order valence-electron chi connectivity index (χ3n) is 4.35. The van der Waals surface area contributed by atoms with E-state index in [9.17, 15) is 18.0 Å². The number of carbonyl (C=O) groups is 1. The lowest BCUT2D eigenvalue weighted by atomic mass is 10.1. The highest BCUT2D eigenvalue weighted by molar-refractivity contribution is 5.77. The zero-order chi connectivity index (χ0) is 21.7. The maximum absolute atomic E-state index is 13.3. The average molecular weight is 419 g/mol. The Bertz CT molecular complexity index is 999. The summed E-state index contributed by atoms with van der Waals surface area (Å²) < 4.78 is 46.0. The van der Waals surface area contributed by atoms with Crippen molar-refractivity contribution in [3.8, 4) is 22.8 Å². The van der Waals surface area contributed by atoms with Gasteiger partial charge in [0.1, 0.15) is 0 Å². The number of pyridine rings is 1. The molecule has 158 valence electrons. The van der Waals surface area contributed by atoms with Gasteiger partial charge in [-0.25, -0.2) is 9.67 Å². The first-order valence-electron chi connectivity index (χ1n) is 9.05. The molecule has 2 aromatic heterocycles. The highest BCUT2D eigenvalue weighted by atomic mass is 19.4. The van der Waals surface area contributed by atoms with Crippen LogP contribution in [0, 0.1) is 0 Å². The van der Waals surface area contributed by atoms with Crippen molar-refractivity contribution in [3.63, 3.8) is 0 Å². The van der Waals surface area contributed by atoms with Gasteiger partial charge in [0.25, 0.3) is 0 Å². The Balaban J connectivity index is 1.90. The van der Waals surface area contributed by atoms with E-state index in [0.717, 1.165) is 11.6 Å². The lowest BCUT2D eigenvalue weighted by Gasteiger charge is -2.09. The number of alkyl halides is 3. The molecule has 0 bridgehead atoms. The second-order valence-corrected chi connectivity index (χ2v) is 6.38. The molecule has 0 radical (unpaired) electrons. The molecule has 7 nitrogen and oxygen atoms in total. The summed E-state index contributed by atoms with van der Waals surface area (Å²) >= 11 is 0. The number of nitrogens with one attached hydrogen (secondary N) is 1. The molecule has 10 heteroatoms. The van der Waals surface area contributed by atoms with E-state index in [0.29, 0.717) is 30.1 Å². The van der Waals surface area contributed by atoms with E-state index >= 15 is 0 Å². The Morgan fingerprint density at radius 1 is 1.20 bits per heavy atom. The minimum absolute atomic E-state index is 0.0787. The maximum Gasteiger partial charge on any atom is 0.435 e. The van der Waals surface area contributed by atoms with Crippen molar-refractivity contribution in [2.24, 2.45) is 5.73 Å². The van der Waals surface area contributed by atoms with Crippen molar-refractivity contribution in [1.29, 1.82) is 0 Å². The molecule has 0 fully saturated rings. The van der Waals surface area contributed by atoms with E-state index < -0.39 is 11.9 Å². The summed E-state index contributed by atoms with van der Waals surface area (Å²) in [6, 6.07) is 11.1. The van der Waals surface area contributed by atoms with Crippen LogP contribution in [0.2, 0.25) is 0 Å². The van der Waals surface area contributed by atoms with Gasteiger partial charge in [-0.05, 0) is 24.1 Å². The van der Waals surface area contributed by atoms with Crippen molar-refractivity contribution >= 4 is 5.91 Å². The molecular weight excluding hydrogens is 399 g/mol. The summed E-state index contributed by atoms with van der Waals surface area (Å²) in [6.45, 7) is 0.341. The molecule has 0 atom stereocenters. The second-order valence-electron chi connectivity index (χ2n) is 6.38. The Hall–Kier alpha value is -3.40. The van der Waals surface area contributed by atoms with E-state index in [2.05, 4.69) is 15.4 Å². The van der Waals surface area contributed by atoms with Gasteiger partial charge in [-0.1, -0.05) is 24.3 Å². The molecule has 2 heterocycles. The van der Waals surface area contributed by atoms with Crippen LogP contribution in [0.25, 0.3) is 16.9 Å². The molecule has 1 amide bonds. The summed E-state index contributed by atoms with van der Waals surface area (Å²) in [6.07, 6.45) is -2.62. The Morgan fingerprint density at radius 2 is 1.93 bits per heavy atom. The van der Waals surface area contributed by atoms with Crippen LogP contribution in [-0.4, -0.2) is 40.9 Å². The van der Waals surface area contributed by atoms with Gasteiger partial charge >= 0.3 is 6.18 Å². The fourth-order valence-corrected chi connectivity index (χ4v) is 2.80. The molecule has 3 N–H and O–H groups in total. The molecule has 0 spiro atoms. The number of hydrogen-bond acceptors (Lipinski definition) is 5.